The number of allylic oxidation sites excluding steroid dienone is 1. The predicted octanol–water partition coefficient (Wildman–Crippen LogP) is 1.05. The lowest BCUT2D eigenvalue weighted by molar-refractivity contribution is -0.148. The molecule has 0 aliphatic carbocycles. The average molecular weight is 144 g/mol. The summed E-state index contributed by atoms with van der Waals surface area (Å²) in [6.45, 7) is 1.84. The normalized spacial score (nSPS) is 13.8. The zero-order valence-corrected chi connectivity index (χ0v) is 6.20. The number of carboxylic acids is 1. The molecule has 0 rings (SSSR count). The van der Waals surface area contributed by atoms with Gasteiger partial charge < -0.3 is 9.84 Å². The summed E-state index contributed by atoms with van der Waals surface area (Å²) >= 11 is 0. The Bertz CT molecular complexity index is 129. The van der Waals surface area contributed by atoms with Gasteiger partial charge in [0, 0.05) is 13.5 Å². The summed E-state index contributed by atoms with van der Waals surface area (Å²) < 4.78 is 4.66. The molecule has 0 radical (unpaired) electrons. The zero-order chi connectivity index (χ0) is 7.98. The smallest absolute Gasteiger partial charge is 0.333 e. The van der Waals surface area contributed by atoms with E-state index in [4.69, 9.17) is 5.11 Å². The van der Waals surface area contributed by atoms with E-state index >= 15 is 0 Å². The van der Waals surface area contributed by atoms with Crippen molar-refractivity contribution in [3.63, 3.8) is 0 Å². The van der Waals surface area contributed by atoms with Crippen LogP contribution in [0, 0.1) is 0 Å². The van der Waals surface area contributed by atoms with Crippen LogP contribution < -0.4 is 0 Å². The molecule has 1 atom stereocenters. The molecule has 1 N–H and O–H groups in total. The van der Waals surface area contributed by atoms with Crippen molar-refractivity contribution in [2.75, 3.05) is 7.11 Å². The van der Waals surface area contributed by atoms with Gasteiger partial charge in [-0.15, -0.1) is 0 Å². The molecule has 3 nitrogen and oxygen atoms in total. The van der Waals surface area contributed by atoms with Crippen LogP contribution in [0.15, 0.2) is 12.2 Å². The van der Waals surface area contributed by atoms with E-state index in [-0.39, 0.29) is 0 Å². The molecule has 0 heterocycles. The number of methoxy groups -OCH3 is 1. The molecule has 0 fully saturated rings. The Morgan fingerprint density at radius 3 is 2.70 bits per heavy atom. The van der Waals surface area contributed by atoms with Gasteiger partial charge in [-0.2, -0.15) is 0 Å². The van der Waals surface area contributed by atoms with Crippen molar-refractivity contribution < 1.29 is 14.6 Å². The largest absolute Gasteiger partial charge is 0.479 e. The molecule has 0 aromatic rings. The fourth-order valence-corrected chi connectivity index (χ4v) is 0.558. The molecule has 0 saturated heterocycles. The van der Waals surface area contributed by atoms with E-state index in [1.54, 1.807) is 12.2 Å². The van der Waals surface area contributed by atoms with Crippen LogP contribution >= 0.6 is 0 Å². The lowest BCUT2D eigenvalue weighted by Crippen LogP contribution is -2.21. The van der Waals surface area contributed by atoms with E-state index in [0.29, 0.717) is 6.42 Å². The number of rotatable bonds is 4. The maximum atomic E-state index is 10.3. The first kappa shape index (κ1) is 9.17. The van der Waals surface area contributed by atoms with Crippen LogP contribution in [0.25, 0.3) is 0 Å². The second-order valence-corrected chi connectivity index (χ2v) is 1.87. The van der Waals surface area contributed by atoms with Gasteiger partial charge in [0.2, 0.25) is 0 Å². The Balaban J connectivity index is 3.71. The predicted molar refractivity (Wildman–Crippen MR) is 37.9 cm³/mol. The fourth-order valence-electron chi connectivity index (χ4n) is 0.558. The molecule has 3 heteroatoms. The van der Waals surface area contributed by atoms with E-state index in [9.17, 15) is 4.79 Å². The topological polar surface area (TPSA) is 46.5 Å². The molecule has 0 unspecified atom stereocenters. The van der Waals surface area contributed by atoms with Crippen LogP contribution in [0.1, 0.15) is 13.3 Å². The van der Waals surface area contributed by atoms with E-state index in [1.807, 2.05) is 6.92 Å². The minimum Gasteiger partial charge on any atom is -0.479 e. The Labute approximate surface area is 60.3 Å². The first-order chi connectivity index (χ1) is 4.72. The molecule has 0 aromatic carbocycles. The average Bonchev–Trinajstić information content (AvgIpc) is 1.89. The van der Waals surface area contributed by atoms with Crippen LogP contribution in [0.5, 0.6) is 0 Å². The zero-order valence-electron chi connectivity index (χ0n) is 6.20. The molecular weight excluding hydrogens is 132 g/mol. The van der Waals surface area contributed by atoms with E-state index < -0.39 is 12.1 Å². The Kier molecular flexibility index (Phi) is 4.58. The SMILES string of the molecule is C/C=C/C[C@@H](OC)C(=O)O. The Morgan fingerprint density at radius 1 is 1.80 bits per heavy atom. The van der Waals surface area contributed by atoms with Crippen molar-refractivity contribution in [1.29, 1.82) is 0 Å². The van der Waals surface area contributed by atoms with Gasteiger partial charge in [0.1, 0.15) is 0 Å². The highest BCUT2D eigenvalue weighted by Gasteiger charge is 2.12. The second-order valence-electron chi connectivity index (χ2n) is 1.87. The van der Waals surface area contributed by atoms with Crippen LogP contribution in [0.3, 0.4) is 0 Å². The summed E-state index contributed by atoms with van der Waals surface area (Å²) in [7, 11) is 1.39. The maximum Gasteiger partial charge on any atom is 0.333 e. The summed E-state index contributed by atoms with van der Waals surface area (Å²) in [4.78, 5) is 10.3. The van der Waals surface area contributed by atoms with Gasteiger partial charge in [-0.1, -0.05) is 12.2 Å². The summed E-state index contributed by atoms with van der Waals surface area (Å²) in [5, 5.41) is 8.44. The molecular formula is C7H12O3. The highest BCUT2D eigenvalue weighted by Crippen LogP contribution is 1.97. The van der Waals surface area contributed by atoms with Crippen molar-refractivity contribution in [2.45, 2.75) is 19.4 Å². The van der Waals surface area contributed by atoms with Gasteiger partial charge in [-0.25, -0.2) is 4.79 Å². The van der Waals surface area contributed by atoms with Gasteiger partial charge in [0.15, 0.2) is 6.10 Å². The van der Waals surface area contributed by atoms with Crippen molar-refractivity contribution in [3.05, 3.63) is 12.2 Å². The van der Waals surface area contributed by atoms with E-state index in [1.165, 1.54) is 7.11 Å². The summed E-state index contributed by atoms with van der Waals surface area (Å²) in [6, 6.07) is 0. The number of hydrogen-bond acceptors (Lipinski definition) is 2. The number of hydrogen-bond donors (Lipinski definition) is 1. The van der Waals surface area contributed by atoms with E-state index in [2.05, 4.69) is 4.74 Å². The van der Waals surface area contributed by atoms with Crippen LogP contribution in [-0.2, 0) is 9.53 Å². The monoisotopic (exact) mass is 144 g/mol. The first-order valence-electron chi connectivity index (χ1n) is 3.09. The quantitative estimate of drug-likeness (QED) is 0.600. The van der Waals surface area contributed by atoms with Gasteiger partial charge in [-0.3, -0.25) is 0 Å². The molecule has 0 aliphatic rings. The van der Waals surface area contributed by atoms with Crippen LogP contribution in [-0.4, -0.2) is 24.3 Å². The molecule has 0 saturated carbocycles. The summed E-state index contributed by atoms with van der Waals surface area (Å²) in [6.07, 6.45) is 3.30. The van der Waals surface area contributed by atoms with Gasteiger partial charge in [0.05, 0.1) is 0 Å². The standard InChI is InChI=1S/C7H12O3/c1-3-4-5-6(10-2)7(8)9/h3-4,6H,5H2,1-2H3,(H,8,9)/b4-3+/t6-/m1/s1. The summed E-state index contributed by atoms with van der Waals surface area (Å²) in [5.41, 5.74) is 0. The van der Waals surface area contributed by atoms with E-state index in [0.717, 1.165) is 0 Å². The van der Waals surface area contributed by atoms with Crippen molar-refractivity contribution in [1.82, 2.24) is 0 Å². The number of aliphatic carboxylic acids is 1. The molecule has 0 spiro atoms. The molecule has 58 valence electrons. The molecule has 0 amide bonds. The number of ether oxygens (including phenoxy) is 1. The van der Waals surface area contributed by atoms with Crippen molar-refractivity contribution in [2.24, 2.45) is 0 Å². The lowest BCUT2D eigenvalue weighted by atomic mass is 10.2. The van der Waals surface area contributed by atoms with Gasteiger partial charge >= 0.3 is 5.97 Å². The first-order valence-corrected chi connectivity index (χ1v) is 3.09. The van der Waals surface area contributed by atoms with Crippen LogP contribution in [0.4, 0.5) is 0 Å². The van der Waals surface area contributed by atoms with Crippen molar-refractivity contribution in [3.8, 4) is 0 Å². The van der Waals surface area contributed by atoms with Gasteiger partial charge in [0.25, 0.3) is 0 Å². The summed E-state index contributed by atoms with van der Waals surface area (Å²) in [5.74, 6) is -0.916. The molecule has 0 bridgehead atoms. The van der Waals surface area contributed by atoms with Gasteiger partial charge in [-0.05, 0) is 6.92 Å². The lowest BCUT2D eigenvalue weighted by Gasteiger charge is -2.05. The Morgan fingerprint density at radius 2 is 2.40 bits per heavy atom. The Hall–Kier alpha value is -0.830. The second kappa shape index (κ2) is 4.99. The fraction of sp³-hybridized carbons (Fsp3) is 0.571. The maximum absolute atomic E-state index is 10.3. The highest BCUT2D eigenvalue weighted by atomic mass is 16.5. The minimum atomic E-state index is -0.916. The van der Waals surface area contributed by atoms with Crippen molar-refractivity contribution >= 4 is 5.97 Å². The minimum absolute atomic E-state index is 0.433. The third-order valence-electron chi connectivity index (χ3n) is 1.15. The number of carboxylic acid groups (broad SMARTS) is 1. The third kappa shape index (κ3) is 3.25. The third-order valence-corrected chi connectivity index (χ3v) is 1.15. The molecule has 0 aromatic heterocycles. The highest BCUT2D eigenvalue weighted by molar-refractivity contribution is 5.72. The van der Waals surface area contributed by atoms with Crippen LogP contribution in [0.2, 0.25) is 0 Å². The molecule has 0 aliphatic heterocycles. The molecule has 10 heavy (non-hydrogen) atoms. The number of carbonyl (C=O) groups is 1.